The first-order chi connectivity index (χ1) is 4.11. The van der Waals surface area contributed by atoms with Crippen molar-refractivity contribution < 1.29 is 13.2 Å². The normalized spacial score (nSPS) is 10.7. The van der Waals surface area contributed by atoms with Crippen LogP contribution in [0.5, 0.6) is 0 Å². The molecule has 0 aliphatic rings. The molecular weight excluding hydrogens is 142 g/mol. The summed E-state index contributed by atoms with van der Waals surface area (Å²) in [6.07, 6.45) is -3.55. The molecular formula is C3H3F3LiN3. The van der Waals surface area contributed by atoms with Crippen molar-refractivity contribution in [3.8, 4) is 0 Å². The van der Waals surface area contributed by atoms with Crippen LogP contribution in [0.4, 0.5) is 13.2 Å². The quantitative estimate of drug-likeness (QED) is 0.529. The number of alkyl halides is 3. The zero-order chi connectivity index (χ0) is 6.91. The van der Waals surface area contributed by atoms with Gasteiger partial charge in [0.25, 0.3) is 5.82 Å². The van der Waals surface area contributed by atoms with E-state index in [1.54, 1.807) is 0 Å². The summed E-state index contributed by atoms with van der Waals surface area (Å²) in [7, 11) is 0. The second-order valence-corrected chi connectivity index (χ2v) is 1.32. The van der Waals surface area contributed by atoms with Gasteiger partial charge in [-0.1, -0.05) is 0 Å². The minimum atomic E-state index is -4.43. The Kier molecular flexibility index (Phi) is 2.93. The number of hydrogen-bond acceptors (Lipinski definition) is 2. The van der Waals surface area contributed by atoms with Gasteiger partial charge in [-0.25, -0.2) is 4.98 Å². The number of nitrogens with one attached hydrogen (secondary N) is 1. The van der Waals surface area contributed by atoms with Crippen molar-refractivity contribution in [3.05, 3.63) is 12.2 Å². The third-order valence-corrected chi connectivity index (χ3v) is 0.669. The van der Waals surface area contributed by atoms with Gasteiger partial charge in [0.1, 0.15) is 6.33 Å². The van der Waals surface area contributed by atoms with Crippen molar-refractivity contribution in [1.29, 1.82) is 0 Å². The number of aromatic amines is 1. The Morgan fingerprint density at radius 1 is 1.40 bits per heavy atom. The molecule has 1 N–H and O–H groups in total. The molecule has 7 heteroatoms. The van der Waals surface area contributed by atoms with Gasteiger partial charge >= 0.3 is 25.0 Å². The Balaban J connectivity index is 0.000000810. The minimum absolute atomic E-state index is 0. The van der Waals surface area contributed by atoms with E-state index >= 15 is 0 Å². The standard InChI is InChI=1S/C3H2F3N3.Li.H/c4-3(5,6)2-7-1-8-9-2;;/h1H,(H,7,8,9);;. The summed E-state index contributed by atoms with van der Waals surface area (Å²) in [5, 5.41) is 4.78. The van der Waals surface area contributed by atoms with E-state index in [0.29, 0.717) is 0 Å². The molecule has 0 unspecified atom stereocenters. The summed E-state index contributed by atoms with van der Waals surface area (Å²) < 4.78 is 34.4. The van der Waals surface area contributed by atoms with Crippen molar-refractivity contribution in [2.75, 3.05) is 0 Å². The second kappa shape index (κ2) is 3.08. The average molecular weight is 145 g/mol. The fourth-order valence-corrected chi connectivity index (χ4v) is 0.345. The molecule has 0 bridgehead atoms. The Labute approximate surface area is 66.2 Å². The van der Waals surface area contributed by atoms with Crippen LogP contribution in [0.1, 0.15) is 5.82 Å². The molecule has 0 spiro atoms. The van der Waals surface area contributed by atoms with E-state index < -0.39 is 12.0 Å². The van der Waals surface area contributed by atoms with Crippen LogP contribution in [0.15, 0.2) is 6.33 Å². The molecule has 0 amide bonds. The molecule has 52 valence electrons. The molecule has 0 radical (unpaired) electrons. The van der Waals surface area contributed by atoms with Crippen LogP contribution in [-0.4, -0.2) is 34.0 Å². The van der Waals surface area contributed by atoms with Gasteiger partial charge in [0.15, 0.2) is 0 Å². The molecule has 0 fully saturated rings. The first kappa shape index (κ1) is 9.53. The summed E-state index contributed by atoms with van der Waals surface area (Å²) in [5.74, 6) is -1.14. The second-order valence-electron chi connectivity index (χ2n) is 1.32. The maximum absolute atomic E-state index is 11.5. The molecule has 3 nitrogen and oxygen atoms in total. The summed E-state index contributed by atoms with van der Waals surface area (Å²) in [5.41, 5.74) is 0. The molecule has 0 saturated carbocycles. The van der Waals surface area contributed by atoms with Gasteiger partial charge in [-0.15, -0.1) is 5.10 Å². The summed E-state index contributed by atoms with van der Waals surface area (Å²) in [6.45, 7) is 0. The Morgan fingerprint density at radius 3 is 2.20 bits per heavy atom. The number of hydrogen-bond donors (Lipinski definition) is 1. The molecule has 1 aromatic heterocycles. The fraction of sp³-hybridized carbons (Fsp3) is 0.333. The SMILES string of the molecule is FC(F)(F)c1nc[nH]n1.[LiH]. The van der Waals surface area contributed by atoms with Gasteiger partial charge in [0.05, 0.1) is 0 Å². The Morgan fingerprint density at radius 2 is 2.00 bits per heavy atom. The number of aromatic nitrogens is 3. The van der Waals surface area contributed by atoms with Crippen molar-refractivity contribution in [2.24, 2.45) is 0 Å². The van der Waals surface area contributed by atoms with Gasteiger partial charge < -0.3 is 0 Å². The van der Waals surface area contributed by atoms with E-state index in [-0.39, 0.29) is 18.9 Å². The first-order valence-corrected chi connectivity index (χ1v) is 2.03. The molecule has 10 heavy (non-hydrogen) atoms. The molecule has 1 rings (SSSR count). The molecule has 0 aliphatic carbocycles. The number of rotatable bonds is 0. The first-order valence-electron chi connectivity index (χ1n) is 2.03. The maximum atomic E-state index is 11.5. The summed E-state index contributed by atoms with van der Waals surface area (Å²) >= 11 is 0. The zero-order valence-electron chi connectivity index (χ0n) is 4.11. The van der Waals surface area contributed by atoms with Crippen molar-refractivity contribution in [2.45, 2.75) is 6.18 Å². The van der Waals surface area contributed by atoms with E-state index in [1.807, 2.05) is 5.10 Å². The van der Waals surface area contributed by atoms with E-state index in [9.17, 15) is 13.2 Å². The Bertz CT molecular complexity index is 181. The van der Waals surface area contributed by atoms with Crippen LogP contribution in [0, 0.1) is 0 Å². The number of H-pyrrole nitrogens is 1. The van der Waals surface area contributed by atoms with Gasteiger partial charge in [-0.05, 0) is 0 Å². The average Bonchev–Trinajstić information content (AvgIpc) is 2.08. The van der Waals surface area contributed by atoms with Crippen molar-refractivity contribution in [3.63, 3.8) is 0 Å². The molecule has 0 atom stereocenters. The van der Waals surface area contributed by atoms with Crippen LogP contribution < -0.4 is 0 Å². The van der Waals surface area contributed by atoms with Gasteiger partial charge in [0, 0.05) is 0 Å². The van der Waals surface area contributed by atoms with E-state index in [0.717, 1.165) is 6.33 Å². The molecule has 1 heterocycles. The van der Waals surface area contributed by atoms with E-state index in [2.05, 4.69) is 10.1 Å². The Hall–Kier alpha value is -0.473. The number of nitrogens with zero attached hydrogens (tertiary/aromatic N) is 2. The summed E-state index contributed by atoms with van der Waals surface area (Å²) in [4.78, 5) is 2.90. The predicted octanol–water partition coefficient (Wildman–Crippen LogP) is 0.175. The topological polar surface area (TPSA) is 41.6 Å². The van der Waals surface area contributed by atoms with Gasteiger partial charge in [-0.3, -0.25) is 5.10 Å². The van der Waals surface area contributed by atoms with E-state index in [1.165, 1.54) is 0 Å². The van der Waals surface area contributed by atoms with Crippen LogP contribution in [0.25, 0.3) is 0 Å². The monoisotopic (exact) mass is 145 g/mol. The summed E-state index contributed by atoms with van der Waals surface area (Å²) in [6, 6.07) is 0. The van der Waals surface area contributed by atoms with Crippen molar-refractivity contribution >= 4 is 18.9 Å². The fourth-order valence-electron chi connectivity index (χ4n) is 0.345. The van der Waals surface area contributed by atoms with Crippen LogP contribution >= 0.6 is 0 Å². The van der Waals surface area contributed by atoms with Crippen LogP contribution in [0.2, 0.25) is 0 Å². The molecule has 0 saturated heterocycles. The van der Waals surface area contributed by atoms with Gasteiger partial charge in [-0.2, -0.15) is 13.2 Å². The molecule has 0 aliphatic heterocycles. The third-order valence-electron chi connectivity index (χ3n) is 0.669. The third kappa shape index (κ3) is 2.04. The predicted molar refractivity (Wildman–Crippen MR) is 28.5 cm³/mol. The molecule has 1 aromatic rings. The van der Waals surface area contributed by atoms with Crippen molar-refractivity contribution in [1.82, 2.24) is 15.2 Å². The zero-order valence-corrected chi connectivity index (χ0v) is 4.11. The van der Waals surface area contributed by atoms with Gasteiger partial charge in [0.2, 0.25) is 0 Å². The van der Waals surface area contributed by atoms with Crippen LogP contribution in [-0.2, 0) is 6.18 Å². The molecule has 0 aromatic carbocycles. The van der Waals surface area contributed by atoms with E-state index in [4.69, 9.17) is 0 Å². The van der Waals surface area contributed by atoms with Crippen LogP contribution in [0.3, 0.4) is 0 Å². The number of halogens is 3.